The van der Waals surface area contributed by atoms with E-state index in [0.29, 0.717) is 11.1 Å². The van der Waals surface area contributed by atoms with Crippen molar-refractivity contribution < 1.29 is 14.7 Å². The van der Waals surface area contributed by atoms with E-state index in [1.807, 2.05) is 0 Å². The number of amides is 2. The number of carbonyl (C=O) groups is 2. The first kappa shape index (κ1) is 11.8. The van der Waals surface area contributed by atoms with Crippen molar-refractivity contribution in [1.82, 2.24) is 4.90 Å². The van der Waals surface area contributed by atoms with Crippen molar-refractivity contribution in [3.8, 4) is 0 Å². The topological polar surface area (TPSA) is 57.6 Å². The number of hydrogen-bond donors (Lipinski definition) is 1. The number of aliphatic hydroxyl groups excluding tert-OH is 1. The molecule has 1 atom stereocenters. The molecule has 0 fully saturated rings. The molecule has 0 saturated heterocycles. The molecule has 0 saturated carbocycles. The Kier molecular flexibility index (Phi) is 2.54. The second kappa shape index (κ2) is 3.67. The Labute approximate surface area is 99.9 Å². The monoisotopic (exact) mass is 233 g/mol. The van der Waals surface area contributed by atoms with Crippen molar-refractivity contribution in [3.05, 3.63) is 35.4 Å². The first-order chi connectivity index (χ1) is 7.84. The molecule has 17 heavy (non-hydrogen) atoms. The predicted octanol–water partition coefficient (Wildman–Crippen LogP) is 1.71. The zero-order chi connectivity index (χ0) is 12.8. The molecular weight excluding hydrogens is 218 g/mol. The Hall–Kier alpha value is -1.68. The van der Waals surface area contributed by atoms with Gasteiger partial charge in [0.25, 0.3) is 5.91 Å². The molecule has 1 aliphatic rings. The summed E-state index contributed by atoms with van der Waals surface area (Å²) in [6, 6.07) is 6.74. The van der Waals surface area contributed by atoms with Crippen molar-refractivity contribution in [2.75, 3.05) is 0 Å². The minimum atomic E-state index is -1.16. The normalized spacial score (nSPS) is 19.4. The molecule has 0 bridgehead atoms. The van der Waals surface area contributed by atoms with Crippen LogP contribution in [0.3, 0.4) is 0 Å². The minimum Gasteiger partial charge on any atom is -0.369 e. The second-order valence-corrected chi connectivity index (χ2v) is 5.19. The number of nitrogens with zero attached hydrogens (tertiary/aromatic N) is 1. The first-order valence-electron chi connectivity index (χ1n) is 5.49. The summed E-state index contributed by atoms with van der Waals surface area (Å²) in [4.78, 5) is 25.1. The number of fused-ring (bicyclic) bond motifs is 1. The lowest BCUT2D eigenvalue weighted by molar-refractivity contribution is -0.144. The zero-order valence-corrected chi connectivity index (χ0v) is 10.1. The molecule has 90 valence electrons. The van der Waals surface area contributed by atoms with E-state index in [1.165, 1.54) is 0 Å². The van der Waals surface area contributed by atoms with Gasteiger partial charge in [0.2, 0.25) is 5.91 Å². The summed E-state index contributed by atoms with van der Waals surface area (Å²) in [6.07, 6.45) is -1.16. The lowest BCUT2D eigenvalue weighted by Gasteiger charge is -2.26. The van der Waals surface area contributed by atoms with Gasteiger partial charge in [0.15, 0.2) is 6.23 Å². The Bertz CT molecular complexity index is 488. The van der Waals surface area contributed by atoms with Crippen LogP contribution in [-0.4, -0.2) is 21.8 Å². The summed E-state index contributed by atoms with van der Waals surface area (Å²) >= 11 is 0. The maximum absolute atomic E-state index is 12.1. The van der Waals surface area contributed by atoms with Gasteiger partial charge >= 0.3 is 0 Å². The molecule has 0 spiro atoms. The summed E-state index contributed by atoms with van der Waals surface area (Å²) in [6.45, 7) is 5.16. The molecule has 4 nitrogen and oxygen atoms in total. The molecule has 4 heteroatoms. The molecule has 2 rings (SSSR count). The van der Waals surface area contributed by atoms with E-state index >= 15 is 0 Å². The first-order valence-corrected chi connectivity index (χ1v) is 5.49. The number of rotatable bonds is 0. The third-order valence-electron chi connectivity index (χ3n) is 2.79. The number of hydrogen-bond acceptors (Lipinski definition) is 3. The maximum atomic E-state index is 12.1. The van der Waals surface area contributed by atoms with Gasteiger partial charge in [-0.3, -0.25) is 9.59 Å². The van der Waals surface area contributed by atoms with E-state index in [1.54, 1.807) is 45.0 Å². The van der Waals surface area contributed by atoms with Gasteiger partial charge in [0.05, 0.1) is 0 Å². The van der Waals surface area contributed by atoms with Crippen molar-refractivity contribution in [2.24, 2.45) is 5.41 Å². The Balaban J connectivity index is 2.43. The van der Waals surface area contributed by atoms with Crippen LogP contribution >= 0.6 is 0 Å². The van der Waals surface area contributed by atoms with Crippen LogP contribution in [0.15, 0.2) is 24.3 Å². The van der Waals surface area contributed by atoms with Gasteiger partial charge in [0, 0.05) is 16.5 Å². The van der Waals surface area contributed by atoms with E-state index in [9.17, 15) is 14.7 Å². The van der Waals surface area contributed by atoms with Crippen LogP contribution in [0.1, 0.15) is 42.9 Å². The molecule has 2 amide bonds. The molecule has 1 aromatic rings. The number of benzene rings is 1. The SMILES string of the molecule is CC(C)(C)C(=O)N1C(=O)c2ccccc2[C@H]1O. The van der Waals surface area contributed by atoms with Gasteiger partial charge in [-0.2, -0.15) is 0 Å². The molecule has 1 aromatic carbocycles. The molecule has 0 unspecified atom stereocenters. The standard InChI is InChI=1S/C13H15NO3/c1-13(2,3)12(17)14-10(15)8-6-4-5-7-9(8)11(14)16/h4-7,10,15H,1-3H3/t10-/m1/s1. The third-order valence-corrected chi connectivity index (χ3v) is 2.79. The molecule has 0 aromatic heterocycles. The lowest BCUT2D eigenvalue weighted by atomic mass is 9.95. The fraction of sp³-hybridized carbons (Fsp3) is 0.385. The largest absolute Gasteiger partial charge is 0.369 e. The maximum Gasteiger partial charge on any atom is 0.263 e. The van der Waals surface area contributed by atoms with Crippen LogP contribution < -0.4 is 0 Å². The number of carbonyl (C=O) groups excluding carboxylic acids is 2. The Morgan fingerprint density at radius 1 is 1.29 bits per heavy atom. The third kappa shape index (κ3) is 1.74. The van der Waals surface area contributed by atoms with E-state index in [0.717, 1.165) is 4.90 Å². The highest BCUT2D eigenvalue weighted by atomic mass is 16.3. The molecule has 1 heterocycles. The number of aliphatic hydroxyl groups is 1. The summed E-state index contributed by atoms with van der Waals surface area (Å²) in [5.74, 6) is -0.792. The van der Waals surface area contributed by atoms with Gasteiger partial charge in [-0.05, 0) is 6.07 Å². The van der Waals surface area contributed by atoms with Crippen LogP contribution in [0.5, 0.6) is 0 Å². The van der Waals surface area contributed by atoms with Gasteiger partial charge in [-0.1, -0.05) is 39.0 Å². The quantitative estimate of drug-likeness (QED) is 0.742. The fourth-order valence-electron chi connectivity index (χ4n) is 1.86. The van der Waals surface area contributed by atoms with Crippen LogP contribution in [-0.2, 0) is 4.79 Å². The van der Waals surface area contributed by atoms with Crippen molar-refractivity contribution in [1.29, 1.82) is 0 Å². The average Bonchev–Trinajstić information content (AvgIpc) is 2.51. The second-order valence-electron chi connectivity index (χ2n) is 5.19. The van der Waals surface area contributed by atoms with E-state index in [-0.39, 0.29) is 5.91 Å². The zero-order valence-electron chi connectivity index (χ0n) is 10.1. The fourth-order valence-corrected chi connectivity index (χ4v) is 1.86. The van der Waals surface area contributed by atoms with Gasteiger partial charge < -0.3 is 5.11 Å². The molecule has 1 N–H and O–H groups in total. The highest BCUT2D eigenvalue weighted by molar-refractivity contribution is 6.09. The summed E-state index contributed by atoms with van der Waals surface area (Å²) in [5, 5.41) is 10.0. The molecule has 0 aliphatic carbocycles. The van der Waals surface area contributed by atoms with Crippen molar-refractivity contribution in [3.63, 3.8) is 0 Å². The predicted molar refractivity (Wildman–Crippen MR) is 62.0 cm³/mol. The Morgan fingerprint density at radius 3 is 2.41 bits per heavy atom. The minimum absolute atomic E-state index is 0.369. The molecular formula is C13H15NO3. The molecule has 0 radical (unpaired) electrons. The van der Waals surface area contributed by atoms with Crippen molar-refractivity contribution >= 4 is 11.8 Å². The van der Waals surface area contributed by atoms with Crippen LogP contribution in [0, 0.1) is 5.41 Å². The number of imide groups is 1. The van der Waals surface area contributed by atoms with Crippen LogP contribution in [0.4, 0.5) is 0 Å². The van der Waals surface area contributed by atoms with Gasteiger partial charge in [-0.25, -0.2) is 4.90 Å². The highest BCUT2D eigenvalue weighted by Crippen LogP contribution is 2.34. The van der Waals surface area contributed by atoms with Gasteiger partial charge in [-0.15, -0.1) is 0 Å². The van der Waals surface area contributed by atoms with Crippen molar-refractivity contribution in [2.45, 2.75) is 27.0 Å². The summed E-state index contributed by atoms with van der Waals surface area (Å²) in [5.41, 5.74) is 0.200. The van der Waals surface area contributed by atoms with Crippen LogP contribution in [0.25, 0.3) is 0 Å². The van der Waals surface area contributed by atoms with E-state index in [4.69, 9.17) is 0 Å². The van der Waals surface area contributed by atoms with Gasteiger partial charge in [0.1, 0.15) is 0 Å². The smallest absolute Gasteiger partial charge is 0.263 e. The Morgan fingerprint density at radius 2 is 1.88 bits per heavy atom. The highest BCUT2D eigenvalue weighted by Gasteiger charge is 2.42. The molecule has 1 aliphatic heterocycles. The summed E-state index contributed by atoms with van der Waals surface area (Å²) in [7, 11) is 0. The van der Waals surface area contributed by atoms with E-state index < -0.39 is 17.6 Å². The van der Waals surface area contributed by atoms with Crippen LogP contribution in [0.2, 0.25) is 0 Å². The van der Waals surface area contributed by atoms with E-state index in [2.05, 4.69) is 0 Å². The summed E-state index contributed by atoms with van der Waals surface area (Å²) < 4.78 is 0. The average molecular weight is 233 g/mol. The lowest BCUT2D eigenvalue weighted by Crippen LogP contribution is -2.41.